The third-order valence-electron chi connectivity index (χ3n) is 5.89. The molecule has 2 aromatic carbocycles. The van der Waals surface area contributed by atoms with Gasteiger partial charge in [-0.3, -0.25) is 4.79 Å². The molecule has 5 heteroatoms. The summed E-state index contributed by atoms with van der Waals surface area (Å²) >= 11 is 0. The van der Waals surface area contributed by atoms with Gasteiger partial charge in [-0.05, 0) is 50.5 Å². The van der Waals surface area contributed by atoms with Crippen LogP contribution < -0.4 is 10.1 Å². The molecular weight excluding hydrogens is 364 g/mol. The number of rotatable bonds is 7. The molecule has 0 radical (unpaired) electrons. The quantitative estimate of drug-likeness (QED) is 0.687. The zero-order valence-electron chi connectivity index (χ0n) is 17.3. The van der Waals surface area contributed by atoms with E-state index >= 15 is 0 Å². The average Bonchev–Trinajstić information content (AvgIpc) is 3.25. The van der Waals surface area contributed by atoms with Crippen molar-refractivity contribution in [1.29, 1.82) is 0 Å². The summed E-state index contributed by atoms with van der Waals surface area (Å²) in [6.07, 6.45) is 4.24. The van der Waals surface area contributed by atoms with E-state index in [1.165, 1.54) is 0 Å². The molecule has 0 saturated carbocycles. The highest BCUT2D eigenvalue weighted by Crippen LogP contribution is 2.39. The number of amides is 1. The molecular formula is C24H30N2O3. The Morgan fingerprint density at radius 1 is 1.24 bits per heavy atom. The fraction of sp³-hybridized carbons (Fsp3) is 0.458. The standard InChI is InChI=1S/C24H30N2O3/c1-3-4-14-28-19-10-7-9-18(16-19)24(2)25-22-13-6-5-12-21(22)23(27)26(24)17-20-11-8-15-29-20/h5-7,9-10,12-13,16,20,25H,3-4,8,11,14-15,17H2,1-2H3. The molecule has 29 heavy (non-hydrogen) atoms. The maximum atomic E-state index is 13.5. The van der Waals surface area contributed by atoms with Crippen LogP contribution in [-0.2, 0) is 10.4 Å². The highest BCUT2D eigenvalue weighted by molar-refractivity contribution is 6.02. The van der Waals surface area contributed by atoms with Gasteiger partial charge < -0.3 is 19.7 Å². The van der Waals surface area contributed by atoms with Crippen molar-refractivity contribution in [3.8, 4) is 5.75 Å². The fourth-order valence-corrected chi connectivity index (χ4v) is 4.17. The Morgan fingerprint density at radius 3 is 2.90 bits per heavy atom. The van der Waals surface area contributed by atoms with Crippen LogP contribution in [0, 0.1) is 0 Å². The Balaban J connectivity index is 1.69. The molecule has 0 bridgehead atoms. The molecule has 2 aliphatic heterocycles. The molecule has 2 aromatic rings. The van der Waals surface area contributed by atoms with Gasteiger partial charge in [0.05, 0.1) is 18.3 Å². The lowest BCUT2D eigenvalue weighted by molar-refractivity contribution is 0.0242. The average molecular weight is 395 g/mol. The number of carbonyl (C=O) groups excluding carboxylic acids is 1. The van der Waals surface area contributed by atoms with E-state index in [4.69, 9.17) is 9.47 Å². The number of ether oxygens (including phenoxy) is 2. The zero-order valence-corrected chi connectivity index (χ0v) is 17.3. The lowest BCUT2D eigenvalue weighted by Crippen LogP contribution is -2.57. The topological polar surface area (TPSA) is 50.8 Å². The third-order valence-corrected chi connectivity index (χ3v) is 5.89. The molecule has 2 heterocycles. The van der Waals surface area contributed by atoms with Crippen LogP contribution in [0.4, 0.5) is 5.69 Å². The molecule has 5 nitrogen and oxygen atoms in total. The number of para-hydroxylation sites is 1. The molecule has 1 amide bonds. The van der Waals surface area contributed by atoms with Gasteiger partial charge in [0.1, 0.15) is 11.4 Å². The van der Waals surface area contributed by atoms with E-state index in [0.29, 0.717) is 18.7 Å². The van der Waals surface area contributed by atoms with Crippen molar-refractivity contribution in [3.63, 3.8) is 0 Å². The summed E-state index contributed by atoms with van der Waals surface area (Å²) in [6, 6.07) is 15.8. The van der Waals surface area contributed by atoms with E-state index in [-0.39, 0.29) is 12.0 Å². The minimum absolute atomic E-state index is 0.0367. The number of nitrogens with one attached hydrogen (secondary N) is 1. The first-order valence-electron chi connectivity index (χ1n) is 10.7. The van der Waals surface area contributed by atoms with E-state index in [0.717, 1.165) is 49.3 Å². The summed E-state index contributed by atoms with van der Waals surface area (Å²) in [5.74, 6) is 0.872. The third kappa shape index (κ3) is 3.97. The van der Waals surface area contributed by atoms with Crippen LogP contribution >= 0.6 is 0 Å². The number of hydrogen-bond acceptors (Lipinski definition) is 4. The summed E-state index contributed by atoms with van der Waals surface area (Å²) in [5.41, 5.74) is 1.90. The highest BCUT2D eigenvalue weighted by Gasteiger charge is 2.43. The van der Waals surface area contributed by atoms with Crippen molar-refractivity contribution < 1.29 is 14.3 Å². The smallest absolute Gasteiger partial charge is 0.258 e. The monoisotopic (exact) mass is 394 g/mol. The Hall–Kier alpha value is -2.53. The first-order valence-corrected chi connectivity index (χ1v) is 10.7. The molecule has 1 fully saturated rings. The number of nitrogens with zero attached hydrogens (tertiary/aromatic N) is 1. The second kappa shape index (κ2) is 8.46. The van der Waals surface area contributed by atoms with Gasteiger partial charge in [0.25, 0.3) is 5.91 Å². The van der Waals surface area contributed by atoms with Crippen molar-refractivity contribution in [1.82, 2.24) is 4.90 Å². The maximum absolute atomic E-state index is 13.5. The van der Waals surface area contributed by atoms with E-state index in [1.54, 1.807) is 0 Å². The van der Waals surface area contributed by atoms with Crippen LogP contribution in [0.2, 0.25) is 0 Å². The van der Waals surface area contributed by atoms with Gasteiger partial charge in [0.2, 0.25) is 0 Å². The first kappa shape index (κ1) is 19.8. The molecule has 1 saturated heterocycles. The molecule has 0 aliphatic carbocycles. The van der Waals surface area contributed by atoms with Crippen LogP contribution in [0.15, 0.2) is 48.5 Å². The van der Waals surface area contributed by atoms with Crippen molar-refractivity contribution in [2.24, 2.45) is 0 Å². The summed E-state index contributed by atoms with van der Waals surface area (Å²) in [7, 11) is 0. The SMILES string of the molecule is CCCCOc1cccc(C2(C)Nc3ccccc3C(=O)N2CC2CCCO2)c1. The predicted octanol–water partition coefficient (Wildman–Crippen LogP) is 4.79. The molecule has 4 rings (SSSR count). The number of carbonyl (C=O) groups is 1. The summed E-state index contributed by atoms with van der Waals surface area (Å²) in [6.45, 7) is 6.26. The van der Waals surface area contributed by atoms with Crippen LogP contribution in [0.3, 0.4) is 0 Å². The van der Waals surface area contributed by atoms with E-state index < -0.39 is 5.66 Å². The van der Waals surface area contributed by atoms with E-state index in [9.17, 15) is 4.79 Å². The Bertz CT molecular complexity index is 863. The second-order valence-electron chi connectivity index (χ2n) is 8.02. The largest absolute Gasteiger partial charge is 0.494 e. The lowest BCUT2D eigenvalue weighted by Gasteiger charge is -2.47. The molecule has 2 atom stereocenters. The number of anilines is 1. The summed E-state index contributed by atoms with van der Waals surface area (Å²) in [4.78, 5) is 15.4. The van der Waals surface area contributed by atoms with Crippen LogP contribution in [0.5, 0.6) is 5.75 Å². The first-order chi connectivity index (χ1) is 14.1. The van der Waals surface area contributed by atoms with Gasteiger partial charge in [-0.15, -0.1) is 0 Å². The minimum Gasteiger partial charge on any atom is -0.494 e. The molecule has 154 valence electrons. The predicted molar refractivity (Wildman–Crippen MR) is 114 cm³/mol. The summed E-state index contributed by atoms with van der Waals surface area (Å²) in [5, 5.41) is 3.63. The Morgan fingerprint density at radius 2 is 2.10 bits per heavy atom. The summed E-state index contributed by atoms with van der Waals surface area (Å²) < 4.78 is 11.8. The van der Waals surface area contributed by atoms with Gasteiger partial charge in [0, 0.05) is 24.4 Å². The fourth-order valence-electron chi connectivity index (χ4n) is 4.17. The number of benzene rings is 2. The van der Waals surface area contributed by atoms with Gasteiger partial charge in [-0.25, -0.2) is 0 Å². The number of unbranched alkanes of at least 4 members (excludes halogenated alkanes) is 1. The van der Waals surface area contributed by atoms with Gasteiger partial charge >= 0.3 is 0 Å². The van der Waals surface area contributed by atoms with E-state index in [2.05, 4.69) is 25.2 Å². The van der Waals surface area contributed by atoms with Crippen LogP contribution in [0.1, 0.15) is 55.5 Å². The number of fused-ring (bicyclic) bond motifs is 1. The lowest BCUT2D eigenvalue weighted by atomic mass is 9.92. The van der Waals surface area contributed by atoms with Crippen LogP contribution in [-0.4, -0.2) is 36.7 Å². The van der Waals surface area contributed by atoms with Crippen molar-refractivity contribution >= 4 is 11.6 Å². The normalized spacial score (nSPS) is 23.6. The highest BCUT2D eigenvalue weighted by atomic mass is 16.5. The van der Waals surface area contributed by atoms with Gasteiger partial charge in [0.15, 0.2) is 0 Å². The zero-order chi connectivity index (χ0) is 20.3. The molecule has 0 spiro atoms. The maximum Gasteiger partial charge on any atom is 0.258 e. The van der Waals surface area contributed by atoms with Gasteiger partial charge in [-0.2, -0.15) is 0 Å². The van der Waals surface area contributed by atoms with Gasteiger partial charge in [-0.1, -0.05) is 37.6 Å². The van der Waals surface area contributed by atoms with Crippen molar-refractivity contribution in [2.75, 3.05) is 25.1 Å². The molecule has 0 aromatic heterocycles. The van der Waals surface area contributed by atoms with Crippen molar-refractivity contribution in [3.05, 3.63) is 59.7 Å². The minimum atomic E-state index is -0.679. The molecule has 2 aliphatic rings. The second-order valence-corrected chi connectivity index (χ2v) is 8.02. The molecule has 2 unspecified atom stereocenters. The van der Waals surface area contributed by atoms with E-state index in [1.807, 2.05) is 47.4 Å². The number of hydrogen-bond donors (Lipinski definition) is 1. The van der Waals surface area contributed by atoms with Crippen LogP contribution in [0.25, 0.3) is 0 Å². The molecule has 1 N–H and O–H groups in total. The Labute approximate surface area is 173 Å². The Kier molecular flexibility index (Phi) is 5.76. The van der Waals surface area contributed by atoms with Crippen molar-refractivity contribution in [2.45, 2.75) is 51.3 Å².